The lowest BCUT2D eigenvalue weighted by Crippen LogP contribution is -2.41. The van der Waals surface area contributed by atoms with Gasteiger partial charge < -0.3 is 9.84 Å². The smallest absolute Gasteiger partial charge is 0.339 e. The number of aromatic carboxylic acids is 1. The number of rotatable bonds is 6. The monoisotopic (exact) mass is 568 g/mol. The fraction of sp³-hybridized carbons (Fsp3) is 0.333. The summed E-state index contributed by atoms with van der Waals surface area (Å²) in [6, 6.07) is 11.0. The molecule has 13 heteroatoms. The van der Waals surface area contributed by atoms with Crippen LogP contribution in [0.2, 0.25) is 0 Å². The Kier molecular flexibility index (Phi) is 6.22. The van der Waals surface area contributed by atoms with Gasteiger partial charge >= 0.3 is 5.97 Å². The maximum atomic E-state index is 14.1. The highest BCUT2D eigenvalue weighted by Crippen LogP contribution is 2.59. The molecule has 2 aromatic carbocycles. The fourth-order valence-corrected chi connectivity index (χ4v) is 7.09. The Morgan fingerprint density at radius 2 is 2.00 bits per heavy atom. The number of aryl methyl sites for hydroxylation is 1. The van der Waals surface area contributed by atoms with Crippen LogP contribution in [0.1, 0.15) is 59.4 Å². The number of carboxylic acids is 1. The average Bonchev–Trinajstić information content (AvgIpc) is 3.35. The zero-order valence-electron chi connectivity index (χ0n) is 22.1. The molecule has 0 radical (unpaired) electrons. The molecule has 1 aliphatic heterocycles. The van der Waals surface area contributed by atoms with Gasteiger partial charge in [-0.05, 0) is 50.1 Å². The third-order valence-corrected chi connectivity index (χ3v) is 9.08. The molecule has 3 heterocycles. The summed E-state index contributed by atoms with van der Waals surface area (Å²) >= 11 is 0. The molecule has 11 nitrogen and oxygen atoms in total. The minimum absolute atomic E-state index is 0.00141. The standard InChI is InChI=1S/C27H29FN6O5S/c1-27(2)15-33(40(37,38)24-10-17(28)7-8-23(24)39-27)13-16-5-4-6-18(9-16)34-25(21(12-29-34)26(35)36)20-11-19(20)22-14-32(3)31-30-22/h4-10,12,14,19-20,37-38H,11,13,15H2,1-3H3,(H,35,36). The summed E-state index contributed by atoms with van der Waals surface area (Å²) < 4.78 is 47.5. The molecule has 3 N–H and O–H groups in total. The van der Waals surface area contributed by atoms with E-state index < -0.39 is 28.2 Å². The molecule has 1 saturated carbocycles. The van der Waals surface area contributed by atoms with Crippen LogP contribution in [0.4, 0.5) is 4.39 Å². The summed E-state index contributed by atoms with van der Waals surface area (Å²) in [5, 5.41) is 22.5. The number of nitrogens with zero attached hydrogens (tertiary/aromatic N) is 6. The first kappa shape index (κ1) is 26.4. The summed E-state index contributed by atoms with van der Waals surface area (Å²) in [4.78, 5) is 12.1. The minimum atomic E-state index is -3.59. The molecule has 1 fully saturated rings. The number of benzene rings is 2. The van der Waals surface area contributed by atoms with Crippen LogP contribution in [0.3, 0.4) is 0 Å². The number of hydrogen-bond acceptors (Lipinski definition) is 8. The van der Waals surface area contributed by atoms with Crippen molar-refractivity contribution in [2.24, 2.45) is 7.05 Å². The quantitative estimate of drug-likeness (QED) is 0.299. The van der Waals surface area contributed by atoms with Crippen LogP contribution in [0, 0.1) is 5.82 Å². The Balaban J connectivity index is 1.34. The highest BCUT2D eigenvalue weighted by Gasteiger charge is 2.46. The summed E-state index contributed by atoms with van der Waals surface area (Å²) in [6.45, 7) is 3.94. The van der Waals surface area contributed by atoms with Crippen LogP contribution in [-0.4, -0.2) is 61.4 Å². The van der Waals surface area contributed by atoms with Gasteiger partial charge in [0.05, 0.1) is 29.8 Å². The van der Waals surface area contributed by atoms with E-state index in [-0.39, 0.29) is 41.1 Å². The normalized spacial score (nSPS) is 22.1. The van der Waals surface area contributed by atoms with Crippen molar-refractivity contribution in [3.63, 3.8) is 0 Å². The first-order chi connectivity index (χ1) is 18.9. The van der Waals surface area contributed by atoms with Crippen LogP contribution in [-0.2, 0) is 13.6 Å². The summed E-state index contributed by atoms with van der Waals surface area (Å²) in [5.74, 6) is -1.47. The van der Waals surface area contributed by atoms with E-state index in [1.807, 2.05) is 44.3 Å². The number of halogens is 1. The van der Waals surface area contributed by atoms with Crippen LogP contribution in [0.5, 0.6) is 5.75 Å². The second kappa shape index (κ2) is 9.41. The number of aromatic nitrogens is 5. The third-order valence-electron chi connectivity index (χ3n) is 7.20. The molecule has 40 heavy (non-hydrogen) atoms. The van der Waals surface area contributed by atoms with Crippen molar-refractivity contribution in [2.45, 2.75) is 49.1 Å². The average molecular weight is 569 g/mol. The van der Waals surface area contributed by atoms with Crippen molar-refractivity contribution < 1.29 is 28.1 Å². The van der Waals surface area contributed by atoms with Crippen LogP contribution in [0.15, 0.2) is 59.8 Å². The Morgan fingerprint density at radius 1 is 1.20 bits per heavy atom. The SMILES string of the molecule is Cn1cc(C2CC2c2c(C(=O)O)cnn2-c2cccc(CN3CC(C)(C)Oc4ccc(F)cc4S3(O)O)c2)nn1. The Hall–Kier alpha value is -3.78. The van der Waals surface area contributed by atoms with Gasteiger partial charge in [-0.25, -0.2) is 13.9 Å². The summed E-state index contributed by atoms with van der Waals surface area (Å²) in [6.07, 6.45) is 3.92. The van der Waals surface area contributed by atoms with Crippen molar-refractivity contribution in [3.8, 4) is 11.4 Å². The molecule has 0 bridgehead atoms. The van der Waals surface area contributed by atoms with E-state index in [1.54, 1.807) is 16.4 Å². The topological polar surface area (TPSA) is 139 Å². The van der Waals surface area contributed by atoms with Gasteiger partial charge in [-0.1, -0.05) is 17.3 Å². The zero-order valence-corrected chi connectivity index (χ0v) is 22.9. The lowest BCUT2D eigenvalue weighted by Gasteiger charge is -2.42. The van der Waals surface area contributed by atoms with Gasteiger partial charge in [0.15, 0.2) is 0 Å². The molecule has 1 aliphatic carbocycles. The predicted octanol–water partition coefficient (Wildman–Crippen LogP) is 4.81. The molecular weight excluding hydrogens is 539 g/mol. The lowest BCUT2D eigenvalue weighted by molar-refractivity contribution is 0.0695. The van der Waals surface area contributed by atoms with Crippen LogP contribution >= 0.6 is 10.8 Å². The predicted molar refractivity (Wildman–Crippen MR) is 144 cm³/mol. The fourth-order valence-electron chi connectivity index (χ4n) is 5.34. The molecule has 210 valence electrons. The highest BCUT2D eigenvalue weighted by atomic mass is 32.3. The van der Waals surface area contributed by atoms with Crippen molar-refractivity contribution in [3.05, 3.63) is 83.2 Å². The number of fused-ring (bicyclic) bond motifs is 1. The number of carbonyl (C=O) groups is 1. The maximum absolute atomic E-state index is 14.1. The third kappa shape index (κ3) is 4.74. The molecule has 0 amide bonds. The maximum Gasteiger partial charge on any atom is 0.339 e. The number of carboxylic acid groups (broad SMARTS) is 1. The molecule has 0 saturated heterocycles. The molecule has 2 atom stereocenters. The second-order valence-corrected chi connectivity index (χ2v) is 12.9. The largest absolute Gasteiger partial charge is 0.484 e. The summed E-state index contributed by atoms with van der Waals surface area (Å²) in [7, 11) is -1.80. The van der Waals surface area contributed by atoms with Gasteiger partial charge in [-0.15, -0.1) is 15.9 Å². The van der Waals surface area contributed by atoms with Gasteiger partial charge in [0, 0.05) is 37.7 Å². The van der Waals surface area contributed by atoms with E-state index in [0.29, 0.717) is 11.4 Å². The molecule has 2 aliphatic rings. The minimum Gasteiger partial charge on any atom is -0.484 e. The molecule has 2 unspecified atom stereocenters. The van der Waals surface area contributed by atoms with Gasteiger partial charge in [-0.2, -0.15) is 9.40 Å². The lowest BCUT2D eigenvalue weighted by atomic mass is 10.1. The molecule has 4 aromatic rings. The Bertz CT molecular complexity index is 1620. The zero-order chi connectivity index (χ0) is 28.4. The first-order valence-electron chi connectivity index (χ1n) is 12.7. The number of ether oxygens (including phenoxy) is 1. The first-order valence-corrected chi connectivity index (χ1v) is 14.2. The van der Waals surface area contributed by atoms with Crippen molar-refractivity contribution in [2.75, 3.05) is 6.54 Å². The van der Waals surface area contributed by atoms with E-state index >= 15 is 0 Å². The van der Waals surface area contributed by atoms with Crippen molar-refractivity contribution in [1.29, 1.82) is 0 Å². The van der Waals surface area contributed by atoms with Gasteiger partial charge in [-0.3, -0.25) is 13.8 Å². The van der Waals surface area contributed by atoms with Crippen molar-refractivity contribution >= 4 is 16.7 Å². The Labute approximate surface area is 231 Å². The number of hydrogen-bond donors (Lipinski definition) is 3. The van der Waals surface area contributed by atoms with Crippen LogP contribution in [0.25, 0.3) is 5.69 Å². The molecular formula is C27H29FN6O5S. The summed E-state index contributed by atoms with van der Waals surface area (Å²) in [5.41, 5.74) is 2.08. The van der Waals surface area contributed by atoms with Crippen molar-refractivity contribution in [1.82, 2.24) is 29.1 Å². The highest BCUT2D eigenvalue weighted by molar-refractivity contribution is 8.22. The van der Waals surface area contributed by atoms with E-state index in [4.69, 9.17) is 4.74 Å². The molecule has 2 aromatic heterocycles. The van der Waals surface area contributed by atoms with Gasteiger partial charge in [0.1, 0.15) is 27.6 Å². The molecule has 6 rings (SSSR count). The second-order valence-electron chi connectivity index (χ2n) is 10.9. The van der Waals surface area contributed by atoms with E-state index in [9.17, 15) is 23.4 Å². The van der Waals surface area contributed by atoms with E-state index in [2.05, 4.69) is 15.4 Å². The Morgan fingerprint density at radius 3 is 2.73 bits per heavy atom. The van der Waals surface area contributed by atoms with E-state index in [1.165, 1.54) is 22.6 Å². The molecule has 0 spiro atoms. The van der Waals surface area contributed by atoms with Gasteiger partial charge in [0.2, 0.25) is 0 Å². The van der Waals surface area contributed by atoms with E-state index in [0.717, 1.165) is 23.7 Å². The van der Waals surface area contributed by atoms with Gasteiger partial charge in [0.25, 0.3) is 0 Å². The van der Waals surface area contributed by atoms with Crippen LogP contribution < -0.4 is 4.74 Å².